The van der Waals surface area contributed by atoms with Gasteiger partial charge in [0, 0.05) is 42.9 Å². The minimum atomic E-state index is -0.608. The lowest BCUT2D eigenvalue weighted by Crippen LogP contribution is -2.52. The Kier molecular flexibility index (Phi) is 6.30. The summed E-state index contributed by atoms with van der Waals surface area (Å²) in [6.07, 6.45) is 6.08. The lowest BCUT2D eigenvalue weighted by atomic mass is 9.94. The number of pyridine rings is 1. The standard InChI is InChI=1S/C30H30N4O3/c35-28-12-11-27(29(36)33-28)34-18-22-16-21(9-10-24(22)30(34)37)26-15-19(13-14-31-26)17-32-25-8-4-7-23(25)20-5-2-1-3-6-20/h1-3,5-6,9-10,13-16,23,25,27,32H,4,7-8,11-12,17-18H2,(H,33,35,36)/t23-,25-,27?/m1/s1. The normalized spacial score (nSPS) is 23.3. The number of piperidine rings is 1. The molecule has 7 nitrogen and oxygen atoms in total. The van der Waals surface area contributed by atoms with Crippen molar-refractivity contribution < 1.29 is 14.4 Å². The zero-order valence-electron chi connectivity index (χ0n) is 20.7. The van der Waals surface area contributed by atoms with Crippen LogP contribution >= 0.6 is 0 Å². The Morgan fingerprint density at radius 3 is 2.68 bits per heavy atom. The third-order valence-electron chi connectivity index (χ3n) is 7.96. The maximum absolute atomic E-state index is 13.0. The molecule has 1 saturated carbocycles. The molecule has 3 atom stereocenters. The van der Waals surface area contributed by atoms with Gasteiger partial charge in [-0.25, -0.2) is 0 Å². The predicted octanol–water partition coefficient (Wildman–Crippen LogP) is 3.94. The summed E-state index contributed by atoms with van der Waals surface area (Å²) in [5, 5.41) is 6.13. The smallest absolute Gasteiger partial charge is 0.255 e. The van der Waals surface area contributed by atoms with Crippen molar-refractivity contribution in [1.29, 1.82) is 0 Å². The van der Waals surface area contributed by atoms with Crippen LogP contribution < -0.4 is 10.6 Å². The molecule has 2 N–H and O–H groups in total. The lowest BCUT2D eigenvalue weighted by Gasteiger charge is -2.29. The summed E-state index contributed by atoms with van der Waals surface area (Å²) in [6.45, 7) is 1.13. The summed E-state index contributed by atoms with van der Waals surface area (Å²) >= 11 is 0. The summed E-state index contributed by atoms with van der Waals surface area (Å²) in [6, 6.07) is 20.5. The van der Waals surface area contributed by atoms with Crippen LogP contribution in [0.2, 0.25) is 0 Å². The van der Waals surface area contributed by atoms with Gasteiger partial charge in [-0.15, -0.1) is 0 Å². The van der Waals surface area contributed by atoms with Crippen LogP contribution in [0.4, 0.5) is 0 Å². The topological polar surface area (TPSA) is 91.4 Å². The number of imide groups is 1. The van der Waals surface area contributed by atoms with E-state index in [0.717, 1.165) is 23.4 Å². The second kappa shape index (κ2) is 9.90. The van der Waals surface area contributed by atoms with Gasteiger partial charge in [0.2, 0.25) is 11.8 Å². The van der Waals surface area contributed by atoms with Gasteiger partial charge in [0.05, 0.1) is 5.69 Å². The molecule has 1 aliphatic carbocycles. The van der Waals surface area contributed by atoms with Crippen LogP contribution in [0.15, 0.2) is 66.9 Å². The van der Waals surface area contributed by atoms with E-state index in [9.17, 15) is 14.4 Å². The molecule has 2 aliphatic heterocycles. The summed E-state index contributed by atoms with van der Waals surface area (Å²) in [4.78, 5) is 43.0. The highest BCUT2D eigenvalue weighted by molar-refractivity contribution is 6.05. The highest BCUT2D eigenvalue weighted by atomic mass is 16.2. The number of carbonyl (C=O) groups excluding carboxylic acids is 3. The lowest BCUT2D eigenvalue weighted by molar-refractivity contribution is -0.136. The molecule has 2 aromatic carbocycles. The Balaban J connectivity index is 1.15. The van der Waals surface area contributed by atoms with Crippen molar-refractivity contribution in [1.82, 2.24) is 20.5 Å². The highest BCUT2D eigenvalue weighted by Crippen LogP contribution is 2.35. The van der Waals surface area contributed by atoms with Crippen molar-refractivity contribution in [3.8, 4) is 11.3 Å². The summed E-state index contributed by atoms with van der Waals surface area (Å²) in [7, 11) is 0. The highest BCUT2D eigenvalue weighted by Gasteiger charge is 2.39. The van der Waals surface area contributed by atoms with E-state index in [4.69, 9.17) is 0 Å². The first-order valence-corrected chi connectivity index (χ1v) is 13.1. The molecule has 6 rings (SSSR count). The van der Waals surface area contributed by atoms with Gasteiger partial charge in [0.1, 0.15) is 6.04 Å². The van der Waals surface area contributed by atoms with Crippen molar-refractivity contribution >= 4 is 17.7 Å². The van der Waals surface area contributed by atoms with Gasteiger partial charge in [0.15, 0.2) is 0 Å². The Hall–Kier alpha value is -3.84. The van der Waals surface area contributed by atoms with Crippen molar-refractivity contribution in [2.45, 2.75) is 63.2 Å². The molecule has 37 heavy (non-hydrogen) atoms. The minimum absolute atomic E-state index is 0.161. The molecule has 3 amide bonds. The number of hydrogen-bond acceptors (Lipinski definition) is 5. The van der Waals surface area contributed by atoms with Gasteiger partial charge >= 0.3 is 0 Å². The SMILES string of the molecule is O=C1CCC(N2Cc3cc(-c4cc(CN[C@@H]5CCC[C@@H]5c5ccccc5)ccn4)ccc3C2=O)C(=O)N1. The number of benzene rings is 2. The molecule has 3 heterocycles. The first-order valence-electron chi connectivity index (χ1n) is 13.1. The zero-order chi connectivity index (χ0) is 25.4. The summed E-state index contributed by atoms with van der Waals surface area (Å²) < 4.78 is 0. The number of aromatic nitrogens is 1. The van der Waals surface area contributed by atoms with Gasteiger partial charge in [-0.05, 0) is 66.1 Å². The number of amides is 3. The van der Waals surface area contributed by atoms with Gasteiger partial charge in [0.25, 0.3) is 5.91 Å². The zero-order valence-corrected chi connectivity index (χ0v) is 20.7. The van der Waals surface area contributed by atoms with Crippen LogP contribution in [0, 0.1) is 0 Å². The first kappa shape index (κ1) is 23.6. The van der Waals surface area contributed by atoms with E-state index in [-0.39, 0.29) is 18.2 Å². The molecule has 7 heteroatoms. The fourth-order valence-corrected chi connectivity index (χ4v) is 6.03. The van der Waals surface area contributed by atoms with Crippen molar-refractivity contribution in [2.24, 2.45) is 0 Å². The maximum Gasteiger partial charge on any atom is 0.255 e. The molecule has 0 spiro atoms. The second-order valence-electron chi connectivity index (χ2n) is 10.3. The van der Waals surface area contributed by atoms with Crippen molar-refractivity contribution in [2.75, 3.05) is 0 Å². The van der Waals surface area contributed by atoms with Gasteiger partial charge in [-0.3, -0.25) is 24.7 Å². The Morgan fingerprint density at radius 1 is 0.973 bits per heavy atom. The Bertz CT molecular complexity index is 1360. The molecular formula is C30H30N4O3. The maximum atomic E-state index is 13.0. The van der Waals surface area contributed by atoms with Crippen molar-refractivity contribution in [3.05, 3.63) is 89.1 Å². The van der Waals surface area contributed by atoms with Crippen molar-refractivity contribution in [3.63, 3.8) is 0 Å². The van der Waals surface area contributed by atoms with Gasteiger partial charge < -0.3 is 10.2 Å². The van der Waals surface area contributed by atoms with E-state index in [1.54, 1.807) is 4.90 Å². The number of fused-ring (bicyclic) bond motifs is 1. The summed E-state index contributed by atoms with van der Waals surface area (Å²) in [5.74, 6) is -0.288. The minimum Gasteiger partial charge on any atom is -0.322 e. The molecule has 3 aliphatic rings. The molecule has 188 valence electrons. The van der Waals surface area contributed by atoms with Crippen LogP contribution in [0.1, 0.15) is 65.1 Å². The molecular weight excluding hydrogens is 464 g/mol. The summed E-state index contributed by atoms with van der Waals surface area (Å²) in [5.41, 5.74) is 5.88. The number of nitrogens with zero attached hydrogens (tertiary/aromatic N) is 2. The van der Waals surface area contributed by atoms with Crippen LogP contribution in [0.25, 0.3) is 11.3 Å². The number of rotatable bonds is 6. The Labute approximate surface area is 216 Å². The molecule has 2 fully saturated rings. The predicted molar refractivity (Wildman–Crippen MR) is 139 cm³/mol. The van der Waals surface area contributed by atoms with E-state index >= 15 is 0 Å². The fourth-order valence-electron chi connectivity index (χ4n) is 6.03. The second-order valence-corrected chi connectivity index (χ2v) is 10.3. The molecule has 0 bridgehead atoms. The average molecular weight is 495 g/mol. The monoisotopic (exact) mass is 494 g/mol. The molecule has 1 aromatic heterocycles. The third-order valence-corrected chi connectivity index (χ3v) is 7.96. The van der Waals surface area contributed by atoms with E-state index in [0.29, 0.717) is 30.5 Å². The largest absolute Gasteiger partial charge is 0.322 e. The van der Waals surface area contributed by atoms with E-state index in [1.165, 1.54) is 30.4 Å². The van der Waals surface area contributed by atoms with Gasteiger partial charge in [-0.1, -0.05) is 42.8 Å². The van der Waals surface area contributed by atoms with Crippen LogP contribution in [-0.4, -0.2) is 39.7 Å². The van der Waals surface area contributed by atoms with Crippen LogP contribution in [0.5, 0.6) is 0 Å². The quantitative estimate of drug-likeness (QED) is 0.507. The van der Waals surface area contributed by atoms with Crippen LogP contribution in [0.3, 0.4) is 0 Å². The van der Waals surface area contributed by atoms with E-state index < -0.39 is 11.9 Å². The fraction of sp³-hybridized carbons (Fsp3) is 0.333. The molecule has 3 aromatic rings. The number of nitrogens with one attached hydrogen (secondary N) is 2. The number of hydrogen-bond donors (Lipinski definition) is 2. The van der Waals surface area contributed by atoms with Crippen LogP contribution in [-0.2, 0) is 22.7 Å². The van der Waals surface area contributed by atoms with E-state index in [1.807, 2.05) is 30.5 Å². The molecule has 0 radical (unpaired) electrons. The number of carbonyl (C=O) groups is 3. The molecule has 1 unspecified atom stereocenters. The Morgan fingerprint density at radius 2 is 1.84 bits per heavy atom. The van der Waals surface area contributed by atoms with Gasteiger partial charge in [-0.2, -0.15) is 0 Å². The third kappa shape index (κ3) is 4.67. The first-order chi connectivity index (χ1) is 18.1. The average Bonchev–Trinajstić information content (AvgIpc) is 3.52. The molecule has 1 saturated heterocycles. The van der Waals surface area contributed by atoms with E-state index in [2.05, 4.69) is 52.0 Å².